The van der Waals surface area contributed by atoms with Crippen LogP contribution in [0.4, 0.5) is 5.69 Å². The number of carbonyl (C=O) groups is 1. The number of benzene rings is 2. The molecule has 0 radical (unpaired) electrons. The fourth-order valence-electron chi connectivity index (χ4n) is 1.78. The van der Waals surface area contributed by atoms with Crippen molar-refractivity contribution < 1.29 is 14.6 Å². The van der Waals surface area contributed by atoms with Crippen molar-refractivity contribution in [3.8, 4) is 17.6 Å². The van der Waals surface area contributed by atoms with Crippen LogP contribution in [0, 0.1) is 18.3 Å². The minimum atomic E-state index is -0.391. The average molecular weight is 282 g/mol. The molecule has 0 fully saturated rings. The molecule has 2 aromatic rings. The van der Waals surface area contributed by atoms with Crippen LogP contribution in [-0.2, 0) is 0 Å². The van der Waals surface area contributed by atoms with Crippen molar-refractivity contribution in [3.05, 3.63) is 53.6 Å². The number of hydrogen-bond acceptors (Lipinski definition) is 4. The minimum absolute atomic E-state index is 0.0249. The fourth-order valence-corrected chi connectivity index (χ4v) is 1.78. The van der Waals surface area contributed by atoms with Crippen LogP contribution >= 0.6 is 0 Å². The summed E-state index contributed by atoms with van der Waals surface area (Å²) in [5.74, 6) is 0.104. The molecule has 0 aliphatic rings. The number of ether oxygens (including phenoxy) is 1. The molecular weight excluding hydrogens is 268 g/mol. The first kappa shape index (κ1) is 14.4. The monoisotopic (exact) mass is 282 g/mol. The van der Waals surface area contributed by atoms with Gasteiger partial charge >= 0.3 is 0 Å². The number of hydrogen-bond donors (Lipinski definition) is 2. The van der Waals surface area contributed by atoms with Gasteiger partial charge in [0.15, 0.2) is 6.61 Å². The van der Waals surface area contributed by atoms with E-state index in [1.807, 2.05) is 13.0 Å². The van der Waals surface area contributed by atoms with Gasteiger partial charge in [0, 0.05) is 5.69 Å². The summed E-state index contributed by atoms with van der Waals surface area (Å²) in [7, 11) is 0. The summed E-state index contributed by atoms with van der Waals surface area (Å²) in [5, 5.41) is 20.9. The lowest BCUT2D eigenvalue weighted by Crippen LogP contribution is -2.12. The molecule has 0 aliphatic heterocycles. The van der Waals surface area contributed by atoms with Crippen LogP contribution in [0.1, 0.15) is 15.9 Å². The van der Waals surface area contributed by atoms with Gasteiger partial charge in [-0.3, -0.25) is 4.79 Å². The Kier molecular flexibility index (Phi) is 4.42. The van der Waals surface area contributed by atoms with E-state index in [0.717, 1.165) is 5.56 Å². The molecule has 0 aliphatic carbocycles. The van der Waals surface area contributed by atoms with Gasteiger partial charge < -0.3 is 15.2 Å². The third kappa shape index (κ3) is 3.74. The van der Waals surface area contributed by atoms with Crippen molar-refractivity contribution in [2.75, 3.05) is 11.9 Å². The zero-order chi connectivity index (χ0) is 15.2. The van der Waals surface area contributed by atoms with Crippen LogP contribution in [0.25, 0.3) is 0 Å². The maximum Gasteiger partial charge on any atom is 0.259 e. The molecule has 0 atom stereocenters. The number of phenols is 1. The van der Waals surface area contributed by atoms with Crippen LogP contribution in [-0.4, -0.2) is 17.6 Å². The summed E-state index contributed by atoms with van der Waals surface area (Å²) >= 11 is 0. The van der Waals surface area contributed by atoms with Gasteiger partial charge in [0.2, 0.25) is 0 Å². The second kappa shape index (κ2) is 6.44. The highest BCUT2D eigenvalue weighted by Crippen LogP contribution is 2.21. The Morgan fingerprint density at radius 3 is 2.62 bits per heavy atom. The predicted molar refractivity (Wildman–Crippen MR) is 78.3 cm³/mol. The SMILES string of the molecule is Cc1ccc(C(=O)Nc2ccc(OCC#N)cc2)c(O)c1. The largest absolute Gasteiger partial charge is 0.507 e. The molecular formula is C16H14N2O3. The second-order valence-corrected chi connectivity index (χ2v) is 4.45. The summed E-state index contributed by atoms with van der Waals surface area (Å²) in [6, 6.07) is 13.4. The molecule has 0 heterocycles. The molecule has 0 saturated carbocycles. The van der Waals surface area contributed by atoms with E-state index in [-0.39, 0.29) is 17.9 Å². The first-order chi connectivity index (χ1) is 10.1. The summed E-state index contributed by atoms with van der Waals surface area (Å²) in [6.45, 7) is 1.81. The normalized spacial score (nSPS) is 9.71. The van der Waals surface area contributed by atoms with E-state index in [1.165, 1.54) is 6.07 Å². The molecule has 0 spiro atoms. The van der Waals surface area contributed by atoms with Gasteiger partial charge in [-0.25, -0.2) is 0 Å². The Bertz CT molecular complexity index is 688. The van der Waals surface area contributed by atoms with E-state index < -0.39 is 5.91 Å². The summed E-state index contributed by atoms with van der Waals surface area (Å²) in [6.07, 6.45) is 0. The highest BCUT2D eigenvalue weighted by Gasteiger charge is 2.11. The highest BCUT2D eigenvalue weighted by atomic mass is 16.5. The zero-order valence-corrected chi connectivity index (χ0v) is 11.5. The number of nitriles is 1. The third-order valence-electron chi connectivity index (χ3n) is 2.81. The molecule has 1 amide bonds. The van der Waals surface area contributed by atoms with Crippen LogP contribution in [0.2, 0.25) is 0 Å². The molecule has 2 N–H and O–H groups in total. The second-order valence-electron chi connectivity index (χ2n) is 4.45. The zero-order valence-electron chi connectivity index (χ0n) is 11.5. The number of nitrogens with zero attached hydrogens (tertiary/aromatic N) is 1. The molecule has 5 heteroatoms. The molecule has 106 valence electrons. The lowest BCUT2D eigenvalue weighted by molar-refractivity contribution is 0.102. The number of phenolic OH excluding ortho intramolecular Hbond substituents is 1. The fraction of sp³-hybridized carbons (Fsp3) is 0.125. The quantitative estimate of drug-likeness (QED) is 0.903. The van der Waals surface area contributed by atoms with Gasteiger partial charge in [-0.1, -0.05) is 6.07 Å². The van der Waals surface area contributed by atoms with Crippen molar-refractivity contribution in [2.24, 2.45) is 0 Å². The number of anilines is 1. The summed E-state index contributed by atoms with van der Waals surface area (Å²) in [4.78, 5) is 12.1. The molecule has 0 aromatic heterocycles. The average Bonchev–Trinajstić information content (AvgIpc) is 2.46. The van der Waals surface area contributed by atoms with Crippen LogP contribution < -0.4 is 10.1 Å². The molecule has 21 heavy (non-hydrogen) atoms. The number of aryl methyl sites for hydroxylation is 1. The Morgan fingerprint density at radius 2 is 2.00 bits per heavy atom. The van der Waals surface area contributed by atoms with E-state index in [4.69, 9.17) is 10.00 Å². The van der Waals surface area contributed by atoms with E-state index >= 15 is 0 Å². The molecule has 0 unspecified atom stereocenters. The van der Waals surface area contributed by atoms with Crippen molar-refractivity contribution in [3.63, 3.8) is 0 Å². The van der Waals surface area contributed by atoms with Crippen LogP contribution in [0.5, 0.6) is 11.5 Å². The van der Waals surface area contributed by atoms with Gasteiger partial charge in [-0.2, -0.15) is 5.26 Å². The van der Waals surface area contributed by atoms with Crippen LogP contribution in [0.3, 0.4) is 0 Å². The molecule has 0 bridgehead atoms. The predicted octanol–water partition coefficient (Wildman–Crippen LogP) is 2.86. The highest BCUT2D eigenvalue weighted by molar-refractivity contribution is 6.06. The van der Waals surface area contributed by atoms with E-state index in [1.54, 1.807) is 36.4 Å². The number of rotatable bonds is 4. The van der Waals surface area contributed by atoms with Crippen molar-refractivity contribution >= 4 is 11.6 Å². The smallest absolute Gasteiger partial charge is 0.259 e. The van der Waals surface area contributed by atoms with E-state index in [2.05, 4.69) is 5.32 Å². The lowest BCUT2D eigenvalue weighted by Gasteiger charge is -2.08. The Hall–Kier alpha value is -3.00. The molecule has 2 aromatic carbocycles. The van der Waals surface area contributed by atoms with E-state index in [9.17, 15) is 9.90 Å². The Balaban J connectivity index is 2.07. The number of aromatic hydroxyl groups is 1. The Morgan fingerprint density at radius 1 is 1.29 bits per heavy atom. The Labute approximate surface area is 122 Å². The number of nitrogens with one attached hydrogen (secondary N) is 1. The first-order valence-corrected chi connectivity index (χ1v) is 6.31. The number of amides is 1. The lowest BCUT2D eigenvalue weighted by atomic mass is 10.1. The van der Waals surface area contributed by atoms with Gasteiger partial charge in [0.1, 0.15) is 17.6 Å². The standard InChI is InChI=1S/C16H14N2O3/c1-11-2-7-14(15(19)10-11)16(20)18-12-3-5-13(6-4-12)21-9-8-17/h2-7,10,19H,9H2,1H3,(H,18,20). The minimum Gasteiger partial charge on any atom is -0.507 e. The van der Waals surface area contributed by atoms with Crippen molar-refractivity contribution in [1.29, 1.82) is 5.26 Å². The first-order valence-electron chi connectivity index (χ1n) is 6.31. The van der Waals surface area contributed by atoms with Gasteiger partial charge in [0.05, 0.1) is 5.56 Å². The maximum absolute atomic E-state index is 12.1. The molecule has 0 saturated heterocycles. The third-order valence-corrected chi connectivity index (χ3v) is 2.81. The van der Waals surface area contributed by atoms with Gasteiger partial charge in [-0.05, 0) is 48.9 Å². The maximum atomic E-state index is 12.1. The van der Waals surface area contributed by atoms with Crippen molar-refractivity contribution in [2.45, 2.75) is 6.92 Å². The molecule has 5 nitrogen and oxygen atoms in total. The number of carbonyl (C=O) groups excluding carboxylic acids is 1. The topological polar surface area (TPSA) is 82.3 Å². The van der Waals surface area contributed by atoms with Crippen LogP contribution in [0.15, 0.2) is 42.5 Å². The van der Waals surface area contributed by atoms with Gasteiger partial charge in [0.25, 0.3) is 5.91 Å². The van der Waals surface area contributed by atoms with Gasteiger partial charge in [-0.15, -0.1) is 0 Å². The summed E-state index contributed by atoms with van der Waals surface area (Å²) < 4.78 is 5.12. The van der Waals surface area contributed by atoms with Crippen molar-refractivity contribution in [1.82, 2.24) is 0 Å². The molecule has 2 rings (SSSR count). The van der Waals surface area contributed by atoms with E-state index in [0.29, 0.717) is 11.4 Å². The summed E-state index contributed by atoms with van der Waals surface area (Å²) in [5.41, 5.74) is 1.66.